The molecule has 1 fully saturated rings. The average molecular weight is 493 g/mol. The lowest BCUT2D eigenvalue weighted by Crippen LogP contribution is -2.33. The van der Waals surface area contributed by atoms with Crippen LogP contribution in [-0.4, -0.2) is 32.8 Å². The molecule has 2 aliphatic rings. The number of fused-ring (bicyclic) bond motifs is 1. The molecule has 2 unspecified atom stereocenters. The lowest BCUT2D eigenvalue weighted by Gasteiger charge is -2.25. The van der Waals surface area contributed by atoms with Crippen LogP contribution in [0.5, 0.6) is 23.0 Å². The second kappa shape index (κ2) is 9.77. The van der Waals surface area contributed by atoms with Crippen molar-refractivity contribution < 1.29 is 32.9 Å². The van der Waals surface area contributed by atoms with Crippen molar-refractivity contribution in [3.05, 3.63) is 72.0 Å². The van der Waals surface area contributed by atoms with E-state index in [-0.39, 0.29) is 31.0 Å². The molecule has 8 nitrogen and oxygen atoms in total. The maximum Gasteiger partial charge on any atom is 0.231 e. The minimum absolute atomic E-state index is 0.118. The van der Waals surface area contributed by atoms with Crippen LogP contribution in [0.25, 0.3) is 0 Å². The summed E-state index contributed by atoms with van der Waals surface area (Å²) in [5.41, 5.74) is 1.87. The van der Waals surface area contributed by atoms with Gasteiger partial charge in [-0.15, -0.1) is 0 Å². The van der Waals surface area contributed by atoms with Gasteiger partial charge in [0.05, 0.1) is 32.6 Å². The number of nitrogens with zero attached hydrogens (tertiary/aromatic N) is 1. The zero-order valence-corrected chi connectivity index (χ0v) is 19.8. The Morgan fingerprint density at radius 1 is 0.972 bits per heavy atom. The van der Waals surface area contributed by atoms with Gasteiger partial charge in [-0.1, -0.05) is 0 Å². The van der Waals surface area contributed by atoms with Crippen molar-refractivity contribution in [1.82, 2.24) is 0 Å². The van der Waals surface area contributed by atoms with E-state index < -0.39 is 11.8 Å². The molecule has 0 radical (unpaired) electrons. The Kier molecular flexibility index (Phi) is 6.37. The summed E-state index contributed by atoms with van der Waals surface area (Å²) in [6.45, 7) is 0.335. The van der Waals surface area contributed by atoms with E-state index in [2.05, 4.69) is 5.32 Å². The van der Waals surface area contributed by atoms with Gasteiger partial charge in [0.25, 0.3) is 0 Å². The Bertz CT molecular complexity index is 1300. The first-order valence-electron chi connectivity index (χ1n) is 11.4. The number of rotatable bonds is 8. The van der Waals surface area contributed by atoms with Gasteiger partial charge in [0.1, 0.15) is 17.3 Å². The lowest BCUT2D eigenvalue weighted by atomic mass is 10.1. The number of carbonyl (C=O) groups is 2. The zero-order chi connectivity index (χ0) is 25.2. The smallest absolute Gasteiger partial charge is 0.231 e. The first kappa shape index (κ1) is 23.5. The molecule has 0 saturated heterocycles. The molecule has 0 aromatic heterocycles. The number of hydrogen-bond donors (Lipinski definition) is 1. The molecule has 1 aliphatic heterocycles. The number of methoxy groups -OCH3 is 2. The molecule has 1 heterocycles. The zero-order valence-electron chi connectivity index (χ0n) is 19.8. The number of carbonyl (C=O) groups excluding carboxylic acids is 2. The number of nitrogens with one attached hydrogen (secondary N) is 1. The molecule has 2 amide bonds. The summed E-state index contributed by atoms with van der Waals surface area (Å²) in [6.07, 6.45) is 0.423. The maximum atomic E-state index is 13.7. The van der Waals surface area contributed by atoms with Crippen molar-refractivity contribution in [2.75, 3.05) is 31.2 Å². The third-order valence-corrected chi connectivity index (χ3v) is 6.31. The van der Waals surface area contributed by atoms with Crippen LogP contribution in [-0.2, 0) is 16.1 Å². The summed E-state index contributed by atoms with van der Waals surface area (Å²) in [6, 6.07) is 16.2. The summed E-state index contributed by atoms with van der Waals surface area (Å²) < 4.78 is 34.9. The minimum atomic E-state index is -0.486. The van der Waals surface area contributed by atoms with Gasteiger partial charge >= 0.3 is 0 Å². The Morgan fingerprint density at radius 3 is 2.50 bits per heavy atom. The highest BCUT2D eigenvalue weighted by atomic mass is 19.1. The van der Waals surface area contributed by atoms with Crippen molar-refractivity contribution >= 4 is 23.2 Å². The van der Waals surface area contributed by atoms with Gasteiger partial charge in [0.15, 0.2) is 11.5 Å². The SMILES string of the molecule is COc1ccc(CN(C(=O)C2CC2C(=O)Nc2ccc(F)cc2)c2ccc3c(c2)OCO3)c(OC)c1. The van der Waals surface area contributed by atoms with E-state index in [0.29, 0.717) is 40.8 Å². The largest absolute Gasteiger partial charge is 0.497 e. The molecule has 1 N–H and O–H groups in total. The van der Waals surface area contributed by atoms with Crippen molar-refractivity contribution in [3.8, 4) is 23.0 Å². The summed E-state index contributed by atoms with van der Waals surface area (Å²) in [5.74, 6) is 0.562. The summed E-state index contributed by atoms with van der Waals surface area (Å²) >= 11 is 0. The van der Waals surface area contributed by atoms with Crippen LogP contribution in [0.4, 0.5) is 15.8 Å². The normalized spacial score (nSPS) is 17.3. The van der Waals surface area contributed by atoms with Crippen molar-refractivity contribution in [2.24, 2.45) is 11.8 Å². The average Bonchev–Trinajstić information content (AvgIpc) is 3.57. The molecule has 0 bridgehead atoms. The number of anilines is 2. The minimum Gasteiger partial charge on any atom is -0.497 e. The van der Waals surface area contributed by atoms with Gasteiger partial charge < -0.3 is 29.2 Å². The molecule has 0 spiro atoms. The third kappa shape index (κ3) is 4.77. The fraction of sp³-hybridized carbons (Fsp3) is 0.259. The molecular weight excluding hydrogens is 467 g/mol. The van der Waals surface area contributed by atoms with E-state index in [0.717, 1.165) is 5.56 Å². The summed E-state index contributed by atoms with van der Waals surface area (Å²) in [7, 11) is 3.13. The van der Waals surface area contributed by atoms with Crippen LogP contribution in [0.3, 0.4) is 0 Å². The lowest BCUT2D eigenvalue weighted by molar-refractivity contribution is -0.123. The van der Waals surface area contributed by atoms with Crippen LogP contribution >= 0.6 is 0 Å². The van der Waals surface area contributed by atoms with Gasteiger partial charge in [0.2, 0.25) is 18.6 Å². The molecule has 1 saturated carbocycles. The molecule has 186 valence electrons. The van der Waals surface area contributed by atoms with Crippen molar-refractivity contribution in [3.63, 3.8) is 0 Å². The highest BCUT2D eigenvalue weighted by molar-refractivity contribution is 6.04. The highest BCUT2D eigenvalue weighted by Crippen LogP contribution is 2.44. The number of halogens is 1. The molecule has 1 aliphatic carbocycles. The van der Waals surface area contributed by atoms with Crippen LogP contribution in [0.1, 0.15) is 12.0 Å². The number of benzene rings is 3. The fourth-order valence-electron chi connectivity index (χ4n) is 4.23. The molecule has 2 atom stereocenters. The summed E-state index contributed by atoms with van der Waals surface area (Å²) in [4.78, 5) is 28.1. The topological polar surface area (TPSA) is 86.3 Å². The second-order valence-corrected chi connectivity index (χ2v) is 8.58. The predicted octanol–water partition coefficient (Wildman–Crippen LogP) is 4.38. The standard InChI is InChI=1S/C27H25FN2O6/c1-33-20-9-3-16(24(12-20)34-2)14-30(19-8-10-23-25(11-19)36-15-35-23)27(32)22-13-21(22)26(31)29-18-6-4-17(28)5-7-18/h3-12,21-22H,13-15H2,1-2H3,(H,29,31). The van der Waals surface area contributed by atoms with Crippen LogP contribution < -0.4 is 29.2 Å². The number of hydrogen-bond acceptors (Lipinski definition) is 6. The van der Waals surface area contributed by atoms with Crippen LogP contribution in [0, 0.1) is 17.7 Å². The van der Waals surface area contributed by atoms with Gasteiger partial charge in [-0.2, -0.15) is 0 Å². The van der Waals surface area contributed by atoms with Gasteiger partial charge in [-0.25, -0.2) is 4.39 Å². The van der Waals surface area contributed by atoms with Crippen molar-refractivity contribution in [2.45, 2.75) is 13.0 Å². The van der Waals surface area contributed by atoms with E-state index >= 15 is 0 Å². The van der Waals surface area contributed by atoms with Crippen molar-refractivity contribution in [1.29, 1.82) is 0 Å². The van der Waals surface area contributed by atoms with E-state index in [1.165, 1.54) is 24.3 Å². The van der Waals surface area contributed by atoms with Crippen LogP contribution in [0.2, 0.25) is 0 Å². The van der Waals surface area contributed by atoms with E-state index in [1.807, 2.05) is 6.07 Å². The molecule has 36 heavy (non-hydrogen) atoms. The quantitative estimate of drug-likeness (QED) is 0.502. The van der Waals surface area contributed by atoms with E-state index in [1.54, 1.807) is 49.5 Å². The highest BCUT2D eigenvalue weighted by Gasteiger charge is 2.50. The fourth-order valence-corrected chi connectivity index (χ4v) is 4.23. The van der Waals surface area contributed by atoms with Crippen LogP contribution in [0.15, 0.2) is 60.7 Å². The Morgan fingerprint density at radius 2 is 1.75 bits per heavy atom. The van der Waals surface area contributed by atoms with E-state index in [9.17, 15) is 14.0 Å². The first-order chi connectivity index (χ1) is 17.5. The monoisotopic (exact) mass is 492 g/mol. The molecule has 9 heteroatoms. The molecule has 5 rings (SSSR count). The summed E-state index contributed by atoms with van der Waals surface area (Å²) in [5, 5.41) is 2.76. The number of ether oxygens (including phenoxy) is 4. The maximum absolute atomic E-state index is 13.7. The Hall–Kier alpha value is -4.27. The second-order valence-electron chi connectivity index (χ2n) is 8.58. The van der Waals surface area contributed by atoms with Gasteiger partial charge in [-0.3, -0.25) is 9.59 Å². The Balaban J connectivity index is 1.38. The Labute approximate surface area is 207 Å². The predicted molar refractivity (Wildman–Crippen MR) is 130 cm³/mol. The van der Waals surface area contributed by atoms with Gasteiger partial charge in [-0.05, 0) is 55.0 Å². The third-order valence-electron chi connectivity index (χ3n) is 6.31. The molecule has 3 aromatic rings. The molecular formula is C27H25FN2O6. The molecule has 3 aromatic carbocycles. The number of amides is 2. The first-order valence-corrected chi connectivity index (χ1v) is 11.4. The van der Waals surface area contributed by atoms with E-state index in [4.69, 9.17) is 18.9 Å². The van der Waals surface area contributed by atoms with Gasteiger partial charge in [0, 0.05) is 29.1 Å².